The van der Waals surface area contributed by atoms with E-state index in [9.17, 15) is 9.59 Å². The number of amides is 2. The van der Waals surface area contributed by atoms with Gasteiger partial charge in [-0.3, -0.25) is 14.5 Å². The Balaban J connectivity index is 2.35. The SMILES string of the molecule is CNC(C)CCN1C(=O)CCC1=O. The zero-order valence-corrected chi connectivity index (χ0v) is 8.17. The normalized spacial score (nSPS) is 19.7. The first kappa shape index (κ1) is 10.2. The fourth-order valence-corrected chi connectivity index (χ4v) is 1.34. The van der Waals surface area contributed by atoms with Gasteiger partial charge in [-0.15, -0.1) is 0 Å². The van der Waals surface area contributed by atoms with Crippen LogP contribution in [0.3, 0.4) is 0 Å². The third-order valence-electron chi connectivity index (χ3n) is 2.43. The van der Waals surface area contributed by atoms with E-state index < -0.39 is 0 Å². The van der Waals surface area contributed by atoms with Crippen molar-refractivity contribution in [2.45, 2.75) is 32.2 Å². The topological polar surface area (TPSA) is 49.4 Å². The molecule has 0 bridgehead atoms. The standard InChI is InChI=1S/C9H16N2O2/c1-7(10-2)5-6-11-8(12)3-4-9(11)13/h7,10H,3-6H2,1-2H3. The van der Waals surface area contributed by atoms with Crippen molar-refractivity contribution in [3.8, 4) is 0 Å². The summed E-state index contributed by atoms with van der Waals surface area (Å²) in [4.78, 5) is 23.7. The second-order valence-electron chi connectivity index (χ2n) is 3.42. The molecule has 2 amide bonds. The molecule has 13 heavy (non-hydrogen) atoms. The summed E-state index contributed by atoms with van der Waals surface area (Å²) in [6.45, 7) is 2.59. The summed E-state index contributed by atoms with van der Waals surface area (Å²) in [6.07, 6.45) is 1.62. The van der Waals surface area contributed by atoms with E-state index in [4.69, 9.17) is 0 Å². The number of hydrogen-bond donors (Lipinski definition) is 1. The van der Waals surface area contributed by atoms with Crippen LogP contribution in [0, 0.1) is 0 Å². The second-order valence-corrected chi connectivity index (χ2v) is 3.42. The van der Waals surface area contributed by atoms with Crippen LogP contribution in [0.5, 0.6) is 0 Å². The Morgan fingerprint density at radius 2 is 1.92 bits per heavy atom. The minimum absolute atomic E-state index is 0.0201. The summed E-state index contributed by atoms with van der Waals surface area (Å²) >= 11 is 0. The molecule has 1 atom stereocenters. The minimum Gasteiger partial charge on any atom is -0.317 e. The Hall–Kier alpha value is -0.900. The van der Waals surface area contributed by atoms with Gasteiger partial charge in [-0.25, -0.2) is 0 Å². The van der Waals surface area contributed by atoms with Gasteiger partial charge in [0.2, 0.25) is 11.8 Å². The van der Waals surface area contributed by atoms with Gasteiger partial charge in [-0.1, -0.05) is 0 Å². The molecule has 1 saturated heterocycles. The van der Waals surface area contributed by atoms with Crippen LogP contribution in [-0.2, 0) is 9.59 Å². The molecule has 4 nitrogen and oxygen atoms in total. The molecule has 74 valence electrons. The van der Waals surface area contributed by atoms with E-state index in [1.807, 2.05) is 14.0 Å². The van der Waals surface area contributed by atoms with E-state index in [0.717, 1.165) is 6.42 Å². The third-order valence-corrected chi connectivity index (χ3v) is 2.43. The van der Waals surface area contributed by atoms with Gasteiger partial charge in [0.05, 0.1) is 0 Å². The van der Waals surface area contributed by atoms with Crippen LogP contribution in [0.15, 0.2) is 0 Å². The number of likely N-dealkylation sites (tertiary alicyclic amines) is 1. The van der Waals surface area contributed by atoms with Crippen molar-refractivity contribution in [3.63, 3.8) is 0 Å². The summed E-state index contributed by atoms with van der Waals surface area (Å²) in [5.41, 5.74) is 0. The van der Waals surface area contributed by atoms with Gasteiger partial charge in [0.1, 0.15) is 0 Å². The molecule has 0 aromatic rings. The van der Waals surface area contributed by atoms with Crippen molar-refractivity contribution >= 4 is 11.8 Å². The average Bonchev–Trinajstić information content (AvgIpc) is 2.43. The molecule has 1 unspecified atom stereocenters. The number of nitrogens with zero attached hydrogens (tertiary/aromatic N) is 1. The lowest BCUT2D eigenvalue weighted by atomic mass is 10.2. The van der Waals surface area contributed by atoms with Crippen LogP contribution in [-0.4, -0.2) is 36.3 Å². The lowest BCUT2D eigenvalue weighted by Gasteiger charge is -2.16. The molecular formula is C9H16N2O2. The molecule has 1 heterocycles. The van der Waals surface area contributed by atoms with Gasteiger partial charge in [0.25, 0.3) is 0 Å². The molecule has 1 aliphatic rings. The Bertz CT molecular complexity index is 200. The first-order valence-corrected chi connectivity index (χ1v) is 4.65. The Labute approximate surface area is 78.3 Å². The van der Waals surface area contributed by atoms with Crippen molar-refractivity contribution in [1.82, 2.24) is 10.2 Å². The van der Waals surface area contributed by atoms with E-state index in [-0.39, 0.29) is 11.8 Å². The van der Waals surface area contributed by atoms with Crippen molar-refractivity contribution in [2.75, 3.05) is 13.6 Å². The van der Waals surface area contributed by atoms with E-state index in [2.05, 4.69) is 5.32 Å². The van der Waals surface area contributed by atoms with Crippen LogP contribution in [0.25, 0.3) is 0 Å². The highest BCUT2D eigenvalue weighted by Gasteiger charge is 2.28. The third kappa shape index (κ3) is 2.52. The van der Waals surface area contributed by atoms with E-state index in [1.165, 1.54) is 4.90 Å². The van der Waals surface area contributed by atoms with Crippen LogP contribution in [0.4, 0.5) is 0 Å². The molecule has 0 aromatic carbocycles. The summed E-state index contributed by atoms with van der Waals surface area (Å²) < 4.78 is 0. The molecule has 0 aliphatic carbocycles. The largest absolute Gasteiger partial charge is 0.317 e. The molecule has 1 rings (SSSR count). The lowest BCUT2D eigenvalue weighted by molar-refractivity contribution is -0.138. The van der Waals surface area contributed by atoms with Crippen LogP contribution in [0.2, 0.25) is 0 Å². The quantitative estimate of drug-likeness (QED) is 0.632. The maximum absolute atomic E-state index is 11.2. The summed E-state index contributed by atoms with van der Waals surface area (Å²) in [7, 11) is 1.87. The monoisotopic (exact) mass is 184 g/mol. The van der Waals surface area contributed by atoms with Crippen LogP contribution < -0.4 is 5.32 Å². The van der Waals surface area contributed by atoms with E-state index >= 15 is 0 Å². The summed E-state index contributed by atoms with van der Waals surface area (Å²) in [5.74, 6) is -0.0402. The highest BCUT2D eigenvalue weighted by molar-refractivity contribution is 6.01. The van der Waals surface area contributed by atoms with Gasteiger partial charge >= 0.3 is 0 Å². The van der Waals surface area contributed by atoms with Crippen LogP contribution >= 0.6 is 0 Å². The van der Waals surface area contributed by atoms with Crippen molar-refractivity contribution < 1.29 is 9.59 Å². The van der Waals surface area contributed by atoms with Gasteiger partial charge in [-0.2, -0.15) is 0 Å². The number of hydrogen-bond acceptors (Lipinski definition) is 3. The Morgan fingerprint density at radius 1 is 1.38 bits per heavy atom. The average molecular weight is 184 g/mol. The molecule has 0 aromatic heterocycles. The zero-order valence-electron chi connectivity index (χ0n) is 8.17. The zero-order chi connectivity index (χ0) is 9.84. The Kier molecular flexibility index (Phi) is 3.42. The molecule has 0 saturated carbocycles. The molecular weight excluding hydrogens is 168 g/mol. The maximum atomic E-state index is 11.2. The molecule has 0 spiro atoms. The number of carbonyl (C=O) groups is 2. The predicted octanol–water partition coefficient (Wildman–Crippen LogP) is 0.133. The number of carbonyl (C=O) groups excluding carboxylic acids is 2. The Morgan fingerprint density at radius 3 is 2.38 bits per heavy atom. The fourth-order valence-electron chi connectivity index (χ4n) is 1.34. The molecule has 0 radical (unpaired) electrons. The van der Waals surface area contributed by atoms with Crippen LogP contribution in [0.1, 0.15) is 26.2 Å². The fraction of sp³-hybridized carbons (Fsp3) is 0.778. The number of imide groups is 1. The first-order chi connectivity index (χ1) is 6.15. The van der Waals surface area contributed by atoms with Gasteiger partial charge in [0, 0.05) is 25.4 Å². The van der Waals surface area contributed by atoms with E-state index in [1.54, 1.807) is 0 Å². The summed E-state index contributed by atoms with van der Waals surface area (Å²) in [6, 6.07) is 0.348. The highest BCUT2D eigenvalue weighted by atomic mass is 16.2. The molecule has 1 N–H and O–H groups in total. The van der Waals surface area contributed by atoms with Crippen molar-refractivity contribution in [1.29, 1.82) is 0 Å². The highest BCUT2D eigenvalue weighted by Crippen LogP contribution is 2.12. The lowest BCUT2D eigenvalue weighted by Crippen LogP contribution is -2.34. The van der Waals surface area contributed by atoms with E-state index in [0.29, 0.717) is 25.4 Å². The molecule has 1 aliphatic heterocycles. The maximum Gasteiger partial charge on any atom is 0.229 e. The predicted molar refractivity (Wildman–Crippen MR) is 49.1 cm³/mol. The van der Waals surface area contributed by atoms with Gasteiger partial charge in [0.15, 0.2) is 0 Å². The minimum atomic E-state index is -0.0201. The molecule has 4 heteroatoms. The number of nitrogens with one attached hydrogen (secondary N) is 1. The van der Waals surface area contributed by atoms with Gasteiger partial charge < -0.3 is 5.32 Å². The molecule has 1 fully saturated rings. The van der Waals surface area contributed by atoms with Gasteiger partial charge in [-0.05, 0) is 20.4 Å². The summed E-state index contributed by atoms with van der Waals surface area (Å²) in [5, 5.41) is 3.07. The first-order valence-electron chi connectivity index (χ1n) is 4.65. The smallest absolute Gasteiger partial charge is 0.229 e. The van der Waals surface area contributed by atoms with Crippen molar-refractivity contribution in [2.24, 2.45) is 0 Å². The number of rotatable bonds is 4. The van der Waals surface area contributed by atoms with Crippen molar-refractivity contribution in [3.05, 3.63) is 0 Å². The second kappa shape index (κ2) is 4.37.